The second-order valence-electron chi connectivity index (χ2n) is 6.70. The number of carbonyl (C=O) groups excluding carboxylic acids is 2. The number of carbonyl (C=O) groups is 2. The molecule has 2 aromatic rings. The highest BCUT2D eigenvalue weighted by atomic mass is 32.2. The number of nitrogens with one attached hydrogen (secondary N) is 2. The van der Waals surface area contributed by atoms with E-state index in [1.54, 1.807) is 6.92 Å². The van der Waals surface area contributed by atoms with Gasteiger partial charge in [0.1, 0.15) is 0 Å². The highest BCUT2D eigenvalue weighted by Crippen LogP contribution is 2.27. The Kier molecular flexibility index (Phi) is 7.41. The van der Waals surface area contributed by atoms with Gasteiger partial charge in [-0.05, 0) is 40.2 Å². The first-order valence-electron chi connectivity index (χ1n) is 9.10. The minimum Gasteiger partial charge on any atom is -0.336 e. The second-order valence-corrected chi connectivity index (χ2v) is 8.01. The van der Waals surface area contributed by atoms with E-state index in [9.17, 15) is 9.59 Å². The SMILES string of the molecule is CCCn1c(S[C@@H](C)C(=O)NC(=O)NC(C)C)nnc1-c1cccc(C)c1. The van der Waals surface area contributed by atoms with Gasteiger partial charge in [-0.3, -0.25) is 10.1 Å². The molecule has 7 nitrogen and oxygen atoms in total. The molecule has 3 amide bonds. The zero-order valence-electron chi connectivity index (χ0n) is 16.4. The number of aromatic nitrogens is 3. The number of thioether (sulfide) groups is 1. The smallest absolute Gasteiger partial charge is 0.321 e. The Balaban J connectivity index is 2.16. The summed E-state index contributed by atoms with van der Waals surface area (Å²) in [6, 6.07) is 7.57. The summed E-state index contributed by atoms with van der Waals surface area (Å²) in [6.07, 6.45) is 0.918. The summed E-state index contributed by atoms with van der Waals surface area (Å²) in [5.41, 5.74) is 2.15. The topological polar surface area (TPSA) is 88.9 Å². The molecule has 0 aliphatic heterocycles. The average molecular weight is 390 g/mol. The predicted molar refractivity (Wildman–Crippen MR) is 108 cm³/mol. The van der Waals surface area contributed by atoms with Crippen LogP contribution in [0, 0.1) is 6.92 Å². The molecule has 0 aliphatic carbocycles. The lowest BCUT2D eigenvalue weighted by molar-refractivity contribution is -0.119. The molecular weight excluding hydrogens is 362 g/mol. The molecule has 8 heteroatoms. The van der Waals surface area contributed by atoms with E-state index in [-0.39, 0.29) is 11.9 Å². The number of imide groups is 1. The van der Waals surface area contributed by atoms with Gasteiger partial charge in [-0.15, -0.1) is 10.2 Å². The van der Waals surface area contributed by atoms with Crippen molar-refractivity contribution in [3.63, 3.8) is 0 Å². The fourth-order valence-corrected chi connectivity index (χ4v) is 3.40. The summed E-state index contributed by atoms with van der Waals surface area (Å²) < 4.78 is 2.03. The molecule has 1 atom stereocenters. The largest absolute Gasteiger partial charge is 0.336 e. The van der Waals surface area contributed by atoms with Crippen molar-refractivity contribution < 1.29 is 9.59 Å². The van der Waals surface area contributed by atoms with Crippen LogP contribution in [-0.2, 0) is 11.3 Å². The van der Waals surface area contributed by atoms with Crippen molar-refractivity contribution in [2.24, 2.45) is 0 Å². The average Bonchev–Trinajstić information content (AvgIpc) is 2.97. The molecule has 0 saturated heterocycles. The molecule has 0 bridgehead atoms. The molecular formula is C19H27N5O2S. The van der Waals surface area contributed by atoms with Gasteiger partial charge in [0.15, 0.2) is 11.0 Å². The van der Waals surface area contributed by atoms with Crippen LogP contribution in [0.25, 0.3) is 11.4 Å². The van der Waals surface area contributed by atoms with Crippen LogP contribution in [0.3, 0.4) is 0 Å². The molecule has 1 heterocycles. The minimum atomic E-state index is -0.488. The molecule has 0 fully saturated rings. The lowest BCUT2D eigenvalue weighted by Crippen LogP contribution is -2.45. The minimum absolute atomic E-state index is 0.0368. The zero-order valence-corrected chi connectivity index (χ0v) is 17.3. The Morgan fingerprint density at radius 2 is 1.96 bits per heavy atom. The van der Waals surface area contributed by atoms with Gasteiger partial charge >= 0.3 is 6.03 Å². The number of hydrogen-bond acceptors (Lipinski definition) is 5. The van der Waals surface area contributed by atoms with Crippen molar-refractivity contribution in [2.45, 2.75) is 64.0 Å². The summed E-state index contributed by atoms with van der Waals surface area (Å²) >= 11 is 1.30. The van der Waals surface area contributed by atoms with Crippen LogP contribution in [0.4, 0.5) is 4.79 Å². The first-order valence-corrected chi connectivity index (χ1v) is 9.98. The highest BCUT2D eigenvalue weighted by Gasteiger charge is 2.22. The van der Waals surface area contributed by atoms with E-state index in [0.29, 0.717) is 5.16 Å². The van der Waals surface area contributed by atoms with Crippen molar-refractivity contribution in [1.29, 1.82) is 0 Å². The monoisotopic (exact) mass is 389 g/mol. The van der Waals surface area contributed by atoms with Gasteiger partial charge < -0.3 is 9.88 Å². The van der Waals surface area contributed by atoms with E-state index in [0.717, 1.165) is 29.9 Å². The predicted octanol–water partition coefficient (Wildman–Crippen LogP) is 3.38. The van der Waals surface area contributed by atoms with E-state index in [4.69, 9.17) is 0 Å². The molecule has 27 heavy (non-hydrogen) atoms. The molecule has 0 unspecified atom stereocenters. The Morgan fingerprint density at radius 1 is 1.22 bits per heavy atom. The standard InChI is InChI=1S/C19H27N5O2S/c1-6-10-24-16(15-9-7-8-13(4)11-15)22-23-19(24)27-14(5)17(25)21-18(26)20-12(2)3/h7-9,11-12,14H,6,10H2,1-5H3,(H2,20,21,25,26)/t14-/m0/s1. The van der Waals surface area contributed by atoms with E-state index in [1.807, 2.05) is 43.5 Å². The number of amides is 3. The molecule has 0 spiro atoms. The summed E-state index contributed by atoms with van der Waals surface area (Å²) in [6.45, 7) is 10.3. The molecule has 0 aliphatic rings. The summed E-state index contributed by atoms with van der Waals surface area (Å²) in [7, 11) is 0. The van der Waals surface area contributed by atoms with Crippen molar-refractivity contribution in [3.05, 3.63) is 29.8 Å². The fourth-order valence-electron chi connectivity index (χ4n) is 2.52. The maximum absolute atomic E-state index is 12.3. The Bertz CT molecular complexity index is 803. The number of rotatable bonds is 7. The van der Waals surface area contributed by atoms with Gasteiger partial charge in [0.25, 0.3) is 0 Å². The van der Waals surface area contributed by atoms with Crippen LogP contribution in [0.1, 0.15) is 39.7 Å². The maximum atomic E-state index is 12.3. The Labute approximate surface area is 164 Å². The molecule has 146 valence electrons. The molecule has 1 aromatic carbocycles. The molecule has 0 radical (unpaired) electrons. The Morgan fingerprint density at radius 3 is 2.59 bits per heavy atom. The number of hydrogen-bond donors (Lipinski definition) is 2. The van der Waals surface area contributed by atoms with Crippen LogP contribution in [0.15, 0.2) is 29.4 Å². The third kappa shape index (κ3) is 5.82. The quantitative estimate of drug-likeness (QED) is 0.709. The van der Waals surface area contributed by atoms with Crippen molar-refractivity contribution in [3.8, 4) is 11.4 Å². The van der Waals surface area contributed by atoms with E-state index < -0.39 is 11.3 Å². The van der Waals surface area contributed by atoms with Gasteiger partial charge in [0, 0.05) is 18.2 Å². The first-order chi connectivity index (χ1) is 12.8. The van der Waals surface area contributed by atoms with Crippen LogP contribution in [-0.4, -0.2) is 38.0 Å². The maximum Gasteiger partial charge on any atom is 0.321 e. The van der Waals surface area contributed by atoms with Crippen LogP contribution < -0.4 is 10.6 Å². The fraction of sp³-hybridized carbons (Fsp3) is 0.474. The van der Waals surface area contributed by atoms with Crippen LogP contribution >= 0.6 is 11.8 Å². The highest BCUT2D eigenvalue weighted by molar-refractivity contribution is 8.00. The van der Waals surface area contributed by atoms with Gasteiger partial charge in [-0.25, -0.2) is 4.79 Å². The molecule has 2 rings (SSSR count). The van der Waals surface area contributed by atoms with Gasteiger partial charge in [0.2, 0.25) is 5.91 Å². The van der Waals surface area contributed by atoms with Gasteiger partial charge in [-0.1, -0.05) is 42.4 Å². The van der Waals surface area contributed by atoms with E-state index in [1.165, 1.54) is 11.8 Å². The number of urea groups is 1. The molecule has 1 aromatic heterocycles. The van der Waals surface area contributed by atoms with Crippen molar-refractivity contribution >= 4 is 23.7 Å². The van der Waals surface area contributed by atoms with E-state index >= 15 is 0 Å². The van der Waals surface area contributed by atoms with Gasteiger partial charge in [-0.2, -0.15) is 0 Å². The molecule has 2 N–H and O–H groups in total. The summed E-state index contributed by atoms with van der Waals surface area (Å²) in [5, 5.41) is 13.8. The third-order valence-corrected chi connectivity index (χ3v) is 4.83. The number of benzene rings is 1. The number of nitrogens with zero attached hydrogens (tertiary/aromatic N) is 3. The summed E-state index contributed by atoms with van der Waals surface area (Å²) in [4.78, 5) is 24.0. The third-order valence-electron chi connectivity index (χ3n) is 3.75. The normalized spacial score (nSPS) is 12.1. The van der Waals surface area contributed by atoms with Crippen LogP contribution in [0.2, 0.25) is 0 Å². The van der Waals surface area contributed by atoms with E-state index in [2.05, 4.69) is 33.8 Å². The number of aryl methyl sites for hydroxylation is 1. The van der Waals surface area contributed by atoms with Crippen molar-refractivity contribution in [1.82, 2.24) is 25.4 Å². The Hall–Kier alpha value is -2.35. The first kappa shape index (κ1) is 21.0. The summed E-state index contributed by atoms with van der Waals surface area (Å²) in [5.74, 6) is 0.425. The lowest BCUT2D eigenvalue weighted by Gasteiger charge is -2.14. The zero-order chi connectivity index (χ0) is 20.0. The van der Waals surface area contributed by atoms with Crippen LogP contribution in [0.5, 0.6) is 0 Å². The second kappa shape index (κ2) is 9.55. The molecule has 0 saturated carbocycles. The lowest BCUT2D eigenvalue weighted by atomic mass is 10.1. The van der Waals surface area contributed by atoms with Crippen molar-refractivity contribution in [2.75, 3.05) is 0 Å². The van der Waals surface area contributed by atoms with Gasteiger partial charge in [0.05, 0.1) is 5.25 Å².